The zero-order valence-electron chi connectivity index (χ0n) is 29.1. The van der Waals surface area contributed by atoms with E-state index >= 15 is 0 Å². The molecule has 0 aliphatic heterocycles. The van der Waals surface area contributed by atoms with E-state index in [9.17, 15) is 4.79 Å². The summed E-state index contributed by atoms with van der Waals surface area (Å²) in [5.74, 6) is -0.0487. The number of carbonyl (C=O) groups excluding carboxylic acids is 1. The van der Waals surface area contributed by atoms with Gasteiger partial charge in [-0.05, 0) is 12.8 Å². The first-order valence-electron chi connectivity index (χ1n) is 19.5. The summed E-state index contributed by atoms with van der Waals surface area (Å²) >= 11 is 4.65. The Kier molecular flexibility index (Phi) is 36.9. The summed E-state index contributed by atoms with van der Waals surface area (Å²) in [5, 5.41) is 0.162. The van der Waals surface area contributed by atoms with Crippen LogP contribution < -0.4 is 0 Å². The van der Waals surface area contributed by atoms with Crippen LogP contribution in [0, 0.1) is 0 Å². The molecular weight excluding hydrogens is 532 g/mol. The van der Waals surface area contributed by atoms with Gasteiger partial charge in [-0.2, -0.15) is 12.6 Å². The summed E-state index contributed by atoms with van der Waals surface area (Å²) in [6.45, 7) is 5.18. The Hall–Kier alpha value is -0.180. The lowest BCUT2D eigenvalue weighted by Gasteiger charge is -2.10. The Morgan fingerprint density at radius 2 is 0.690 bits per heavy atom. The fourth-order valence-corrected chi connectivity index (χ4v) is 6.45. The molecule has 0 radical (unpaired) electrons. The maximum absolute atomic E-state index is 12.1. The molecule has 3 heteroatoms. The molecule has 0 amide bonds. The topological polar surface area (TPSA) is 26.3 Å². The number of ether oxygens (including phenoxy) is 1. The van der Waals surface area contributed by atoms with Gasteiger partial charge < -0.3 is 4.74 Å². The first-order valence-corrected chi connectivity index (χ1v) is 20.1. The molecule has 0 aromatic carbocycles. The van der Waals surface area contributed by atoms with Gasteiger partial charge in [-0.25, -0.2) is 0 Å². The summed E-state index contributed by atoms with van der Waals surface area (Å²) in [4.78, 5) is 12.1. The number of hydrogen-bond acceptors (Lipinski definition) is 3. The van der Waals surface area contributed by atoms with Gasteiger partial charge in [0.2, 0.25) is 0 Å². The number of carbonyl (C=O) groups is 1. The van der Waals surface area contributed by atoms with Crippen LogP contribution in [0.3, 0.4) is 0 Å². The Morgan fingerprint density at radius 1 is 0.429 bits per heavy atom. The minimum atomic E-state index is -0.0487. The fourth-order valence-electron chi connectivity index (χ4n) is 6.12. The van der Waals surface area contributed by atoms with E-state index in [-0.39, 0.29) is 11.2 Å². The van der Waals surface area contributed by atoms with E-state index in [1.54, 1.807) is 0 Å². The van der Waals surface area contributed by atoms with Crippen molar-refractivity contribution in [3.8, 4) is 0 Å². The van der Waals surface area contributed by atoms with Crippen molar-refractivity contribution >= 4 is 18.6 Å². The SMILES string of the molecule is CCCCCCCCCCCCCCCCCCOC(=O)CC(S)CCCCCCCCCCCCCCCCCC. The lowest BCUT2D eigenvalue weighted by molar-refractivity contribution is -0.143. The molecule has 0 N–H and O–H groups in total. The predicted molar refractivity (Wildman–Crippen MR) is 192 cm³/mol. The molecule has 0 aliphatic rings. The number of rotatable bonds is 36. The molecule has 0 fully saturated rings. The Bertz CT molecular complexity index is 509. The molecule has 0 rings (SSSR count). The van der Waals surface area contributed by atoms with Crippen LogP contribution in [0.4, 0.5) is 0 Å². The van der Waals surface area contributed by atoms with Crippen molar-refractivity contribution in [1.82, 2.24) is 0 Å². The number of thiol groups is 1. The lowest BCUT2D eigenvalue weighted by atomic mass is 10.0. The summed E-state index contributed by atoms with van der Waals surface area (Å²) < 4.78 is 5.48. The molecule has 42 heavy (non-hydrogen) atoms. The smallest absolute Gasteiger partial charge is 0.306 e. The average molecular weight is 611 g/mol. The molecule has 0 aliphatic carbocycles. The minimum absolute atomic E-state index is 0.0487. The van der Waals surface area contributed by atoms with Crippen LogP contribution in [0.2, 0.25) is 0 Å². The molecule has 0 spiro atoms. The van der Waals surface area contributed by atoms with Gasteiger partial charge in [-0.1, -0.05) is 213 Å². The minimum Gasteiger partial charge on any atom is -0.466 e. The molecule has 0 saturated carbocycles. The van der Waals surface area contributed by atoms with Crippen molar-refractivity contribution in [2.45, 2.75) is 237 Å². The zero-order chi connectivity index (χ0) is 30.6. The number of unbranched alkanes of at least 4 members (excludes halogenated alkanes) is 30. The van der Waals surface area contributed by atoms with Gasteiger partial charge >= 0.3 is 5.97 Å². The molecule has 1 unspecified atom stereocenters. The average Bonchev–Trinajstić information content (AvgIpc) is 2.98. The van der Waals surface area contributed by atoms with Gasteiger partial charge in [0.1, 0.15) is 0 Å². The monoisotopic (exact) mass is 611 g/mol. The molecule has 1 atom stereocenters. The van der Waals surface area contributed by atoms with E-state index < -0.39 is 0 Å². The van der Waals surface area contributed by atoms with E-state index in [1.807, 2.05) is 0 Å². The second-order valence-corrected chi connectivity index (χ2v) is 14.2. The van der Waals surface area contributed by atoms with E-state index in [1.165, 1.54) is 199 Å². The third-order valence-electron chi connectivity index (χ3n) is 9.05. The highest BCUT2D eigenvalue weighted by Crippen LogP contribution is 2.17. The van der Waals surface area contributed by atoms with Crippen LogP contribution in [0.5, 0.6) is 0 Å². The van der Waals surface area contributed by atoms with E-state index in [4.69, 9.17) is 4.74 Å². The lowest BCUT2D eigenvalue weighted by Crippen LogP contribution is -2.12. The quantitative estimate of drug-likeness (QED) is 0.0434. The van der Waals surface area contributed by atoms with Crippen molar-refractivity contribution in [2.75, 3.05) is 6.61 Å². The third-order valence-corrected chi connectivity index (χ3v) is 9.49. The van der Waals surface area contributed by atoms with Gasteiger partial charge in [0.15, 0.2) is 0 Å². The van der Waals surface area contributed by atoms with E-state index in [0.717, 1.165) is 12.8 Å². The molecular formula is C39H78O2S. The maximum atomic E-state index is 12.1. The van der Waals surface area contributed by atoms with Crippen molar-refractivity contribution < 1.29 is 9.53 Å². The van der Waals surface area contributed by atoms with Gasteiger partial charge in [-0.3, -0.25) is 4.79 Å². The van der Waals surface area contributed by atoms with Crippen molar-refractivity contribution in [2.24, 2.45) is 0 Å². The summed E-state index contributed by atoms with van der Waals surface area (Å²) in [5.41, 5.74) is 0. The van der Waals surface area contributed by atoms with Crippen molar-refractivity contribution in [3.05, 3.63) is 0 Å². The second kappa shape index (κ2) is 37.0. The summed E-state index contributed by atoms with van der Waals surface area (Å²) in [7, 11) is 0. The molecule has 2 nitrogen and oxygen atoms in total. The highest BCUT2D eigenvalue weighted by atomic mass is 32.1. The predicted octanol–water partition coefficient (Wildman–Crippen LogP) is 14.1. The van der Waals surface area contributed by atoms with Crippen LogP contribution in [-0.2, 0) is 9.53 Å². The molecule has 0 bridgehead atoms. The normalized spacial score (nSPS) is 12.2. The third kappa shape index (κ3) is 36.0. The van der Waals surface area contributed by atoms with Crippen LogP contribution in [0.1, 0.15) is 232 Å². The van der Waals surface area contributed by atoms with Crippen LogP contribution >= 0.6 is 12.6 Å². The van der Waals surface area contributed by atoms with Crippen LogP contribution in [0.25, 0.3) is 0 Å². The van der Waals surface area contributed by atoms with Gasteiger partial charge in [0.05, 0.1) is 13.0 Å². The zero-order valence-corrected chi connectivity index (χ0v) is 30.0. The highest BCUT2D eigenvalue weighted by molar-refractivity contribution is 7.81. The van der Waals surface area contributed by atoms with Gasteiger partial charge in [-0.15, -0.1) is 0 Å². The second-order valence-electron chi connectivity index (χ2n) is 13.5. The Balaban J connectivity index is 3.26. The van der Waals surface area contributed by atoms with Crippen LogP contribution in [0.15, 0.2) is 0 Å². The fraction of sp³-hybridized carbons (Fsp3) is 0.974. The first-order chi connectivity index (χ1) is 20.7. The first kappa shape index (κ1) is 41.8. The summed E-state index contributed by atoms with van der Waals surface area (Å²) in [6, 6.07) is 0. The summed E-state index contributed by atoms with van der Waals surface area (Å²) in [6.07, 6.45) is 45.7. The van der Waals surface area contributed by atoms with Crippen molar-refractivity contribution in [3.63, 3.8) is 0 Å². The maximum Gasteiger partial charge on any atom is 0.306 e. The number of esters is 1. The number of hydrogen-bond donors (Lipinski definition) is 1. The van der Waals surface area contributed by atoms with E-state index in [0.29, 0.717) is 13.0 Å². The molecule has 252 valence electrons. The Morgan fingerprint density at radius 3 is 1.00 bits per heavy atom. The van der Waals surface area contributed by atoms with Crippen molar-refractivity contribution in [1.29, 1.82) is 0 Å². The molecule has 0 aromatic rings. The molecule has 0 saturated heterocycles. The Labute approximate surface area is 271 Å². The van der Waals surface area contributed by atoms with Crippen LogP contribution in [-0.4, -0.2) is 17.8 Å². The largest absolute Gasteiger partial charge is 0.466 e. The highest BCUT2D eigenvalue weighted by Gasteiger charge is 2.11. The standard InChI is InChI=1S/C39H78O2S/c1-3-5-7-9-11-13-15-17-19-21-23-25-27-29-31-33-35-38(42)37-39(40)41-36-34-32-30-28-26-24-22-20-18-16-14-12-10-8-6-4-2/h38,42H,3-37H2,1-2H3. The van der Waals surface area contributed by atoms with Gasteiger partial charge in [0.25, 0.3) is 0 Å². The van der Waals surface area contributed by atoms with E-state index in [2.05, 4.69) is 26.5 Å². The van der Waals surface area contributed by atoms with Gasteiger partial charge in [0, 0.05) is 5.25 Å². The molecule has 0 aromatic heterocycles. The molecule has 0 heterocycles.